The number of aromatic nitrogens is 1. The highest BCUT2D eigenvalue weighted by molar-refractivity contribution is 6.27. The number of methoxy groups -OCH3 is 1. The van der Waals surface area contributed by atoms with Crippen molar-refractivity contribution in [1.82, 2.24) is 15.6 Å². The zero-order chi connectivity index (χ0) is 24.9. The predicted octanol–water partition coefficient (Wildman–Crippen LogP) is 2.39. The number of likely N-dealkylation sites (N-methyl/N-ethyl adjacent to an activating group) is 1. The van der Waals surface area contributed by atoms with Crippen LogP contribution < -0.4 is 15.4 Å². The molecule has 3 rings (SSSR count). The Morgan fingerprint density at radius 1 is 0.941 bits per heavy atom. The van der Waals surface area contributed by atoms with Gasteiger partial charge in [-0.15, -0.1) is 0 Å². The fourth-order valence-corrected chi connectivity index (χ4v) is 3.33. The van der Waals surface area contributed by atoms with E-state index in [9.17, 15) is 4.79 Å². The topological polar surface area (TPSA) is 141 Å². The van der Waals surface area contributed by atoms with Crippen molar-refractivity contribution >= 4 is 28.7 Å². The third kappa shape index (κ3) is 8.59. The zero-order valence-electron chi connectivity index (χ0n) is 19.4. The van der Waals surface area contributed by atoms with E-state index in [-0.39, 0.29) is 5.91 Å². The Morgan fingerprint density at radius 3 is 2.24 bits per heavy atom. The Hall–Kier alpha value is -3.85. The Bertz CT molecular complexity index is 1080. The van der Waals surface area contributed by atoms with E-state index in [0.717, 1.165) is 37.2 Å². The molecule has 0 unspecified atom stereocenters. The highest BCUT2D eigenvalue weighted by Crippen LogP contribution is 2.20. The number of carbonyl (C=O) groups excluding carboxylic acids is 1. The molecule has 0 aliphatic heterocycles. The summed E-state index contributed by atoms with van der Waals surface area (Å²) in [5.74, 6) is -2.81. The molecule has 9 nitrogen and oxygen atoms in total. The molecule has 1 amide bonds. The lowest BCUT2D eigenvalue weighted by molar-refractivity contribution is -0.159. The van der Waals surface area contributed by atoms with Gasteiger partial charge in [0.05, 0.1) is 13.5 Å². The fourth-order valence-electron chi connectivity index (χ4n) is 3.33. The number of fused-ring (bicyclic) bond motifs is 1. The standard InChI is InChI=1S/C23H29N3O2.C2H2O4/c1-3-24-12-11-19-16-26-22-9-6-18(14-21(19)22)10-13-25-23(27)15-17-4-7-20(28-2)8-5-17;3-1(4)2(5)6/h4-9,14,16,24,26H,3,10-13,15H2,1-2H3,(H,25,27);(H,3,4)(H,5,6). The van der Waals surface area contributed by atoms with Gasteiger partial charge in [0.1, 0.15) is 5.75 Å². The van der Waals surface area contributed by atoms with E-state index in [1.807, 2.05) is 24.3 Å². The van der Waals surface area contributed by atoms with Crippen LogP contribution in [0.25, 0.3) is 10.9 Å². The number of carbonyl (C=O) groups is 3. The molecule has 0 radical (unpaired) electrons. The SMILES string of the molecule is CCNCCc1c[nH]c2ccc(CCNC(=O)Cc3ccc(OC)cc3)cc12.O=C(O)C(=O)O. The third-order valence-corrected chi connectivity index (χ3v) is 5.10. The normalized spacial score (nSPS) is 10.3. The van der Waals surface area contributed by atoms with Crippen LogP contribution in [0.1, 0.15) is 23.6 Å². The van der Waals surface area contributed by atoms with Gasteiger partial charge in [0, 0.05) is 23.6 Å². The quantitative estimate of drug-likeness (QED) is 0.227. The summed E-state index contributed by atoms with van der Waals surface area (Å²) in [6, 6.07) is 14.1. The number of aliphatic carboxylic acids is 2. The largest absolute Gasteiger partial charge is 0.497 e. The van der Waals surface area contributed by atoms with Crippen LogP contribution >= 0.6 is 0 Å². The van der Waals surface area contributed by atoms with Gasteiger partial charge in [-0.05, 0) is 66.9 Å². The molecule has 9 heteroatoms. The molecule has 0 atom stereocenters. The number of H-pyrrole nitrogens is 1. The number of aromatic amines is 1. The third-order valence-electron chi connectivity index (χ3n) is 5.10. The van der Waals surface area contributed by atoms with E-state index in [1.165, 1.54) is 22.0 Å². The number of carboxylic acid groups (broad SMARTS) is 2. The van der Waals surface area contributed by atoms with Crippen LogP contribution in [0.3, 0.4) is 0 Å². The molecule has 3 aromatic rings. The molecule has 0 spiro atoms. The van der Waals surface area contributed by atoms with Crippen molar-refractivity contribution < 1.29 is 29.3 Å². The lowest BCUT2D eigenvalue weighted by atomic mass is 10.1. The van der Waals surface area contributed by atoms with Crippen molar-refractivity contribution in [2.75, 3.05) is 26.7 Å². The van der Waals surface area contributed by atoms with Crippen molar-refractivity contribution in [1.29, 1.82) is 0 Å². The highest BCUT2D eigenvalue weighted by Gasteiger charge is 2.07. The van der Waals surface area contributed by atoms with Gasteiger partial charge < -0.3 is 30.6 Å². The van der Waals surface area contributed by atoms with Crippen LogP contribution in [0.5, 0.6) is 5.75 Å². The second-order valence-electron chi connectivity index (χ2n) is 7.53. The smallest absolute Gasteiger partial charge is 0.414 e. The lowest BCUT2D eigenvalue weighted by Crippen LogP contribution is -2.27. The minimum Gasteiger partial charge on any atom is -0.497 e. The van der Waals surface area contributed by atoms with Gasteiger partial charge in [0.25, 0.3) is 0 Å². The number of benzene rings is 2. The summed E-state index contributed by atoms with van der Waals surface area (Å²) in [6.45, 7) is 4.73. The van der Waals surface area contributed by atoms with E-state index >= 15 is 0 Å². The Kier molecular flexibility index (Phi) is 10.6. The molecular weight excluding hydrogens is 438 g/mol. The van der Waals surface area contributed by atoms with E-state index in [0.29, 0.717) is 13.0 Å². The molecule has 2 aromatic carbocycles. The maximum atomic E-state index is 12.2. The maximum Gasteiger partial charge on any atom is 0.414 e. The summed E-state index contributed by atoms with van der Waals surface area (Å²) in [6.07, 6.45) is 4.32. The molecule has 0 aliphatic carbocycles. The monoisotopic (exact) mass is 469 g/mol. The van der Waals surface area contributed by atoms with E-state index in [2.05, 4.69) is 46.9 Å². The molecule has 34 heavy (non-hydrogen) atoms. The number of hydrogen-bond acceptors (Lipinski definition) is 5. The van der Waals surface area contributed by atoms with Gasteiger partial charge in [-0.2, -0.15) is 0 Å². The summed E-state index contributed by atoms with van der Waals surface area (Å²) >= 11 is 0. The van der Waals surface area contributed by atoms with E-state index < -0.39 is 11.9 Å². The minimum atomic E-state index is -1.82. The van der Waals surface area contributed by atoms with Gasteiger partial charge >= 0.3 is 11.9 Å². The highest BCUT2D eigenvalue weighted by atomic mass is 16.5. The number of hydrogen-bond donors (Lipinski definition) is 5. The Labute approximate surface area is 198 Å². The summed E-state index contributed by atoms with van der Waals surface area (Å²) < 4.78 is 5.14. The van der Waals surface area contributed by atoms with Crippen LogP contribution in [0.15, 0.2) is 48.7 Å². The second kappa shape index (κ2) is 13.6. The summed E-state index contributed by atoms with van der Waals surface area (Å²) in [5, 5.41) is 22.4. The van der Waals surface area contributed by atoms with Gasteiger partial charge in [-0.1, -0.05) is 25.1 Å². The summed E-state index contributed by atoms with van der Waals surface area (Å²) in [4.78, 5) is 33.7. The number of nitrogens with one attached hydrogen (secondary N) is 3. The predicted molar refractivity (Wildman–Crippen MR) is 129 cm³/mol. The van der Waals surface area contributed by atoms with Gasteiger partial charge in [-0.25, -0.2) is 9.59 Å². The van der Waals surface area contributed by atoms with Crippen LogP contribution in [0, 0.1) is 0 Å². The first kappa shape index (κ1) is 26.4. The van der Waals surface area contributed by atoms with Crippen molar-refractivity contribution in [2.45, 2.75) is 26.2 Å². The lowest BCUT2D eigenvalue weighted by Gasteiger charge is -2.07. The van der Waals surface area contributed by atoms with Crippen molar-refractivity contribution in [3.8, 4) is 5.75 Å². The van der Waals surface area contributed by atoms with E-state index in [1.54, 1.807) is 7.11 Å². The first-order valence-electron chi connectivity index (χ1n) is 11.0. The molecular formula is C25H31N3O6. The number of rotatable bonds is 10. The number of carboxylic acids is 2. The Balaban J connectivity index is 0.000000604. The van der Waals surface area contributed by atoms with Crippen LogP contribution in [-0.4, -0.2) is 59.8 Å². The summed E-state index contributed by atoms with van der Waals surface area (Å²) in [7, 11) is 1.64. The van der Waals surface area contributed by atoms with Gasteiger partial charge in [0.15, 0.2) is 0 Å². The molecule has 182 valence electrons. The molecule has 1 heterocycles. The number of amides is 1. The van der Waals surface area contributed by atoms with Crippen molar-refractivity contribution in [2.24, 2.45) is 0 Å². The van der Waals surface area contributed by atoms with Gasteiger partial charge in [-0.3, -0.25) is 4.79 Å². The van der Waals surface area contributed by atoms with Crippen LogP contribution in [0.2, 0.25) is 0 Å². The molecule has 5 N–H and O–H groups in total. The van der Waals surface area contributed by atoms with Gasteiger partial charge in [0.2, 0.25) is 5.91 Å². The summed E-state index contributed by atoms with van der Waals surface area (Å²) in [5.41, 5.74) is 4.72. The Morgan fingerprint density at radius 2 is 1.62 bits per heavy atom. The zero-order valence-corrected chi connectivity index (χ0v) is 19.4. The van der Waals surface area contributed by atoms with Crippen molar-refractivity contribution in [3.63, 3.8) is 0 Å². The second-order valence-corrected chi connectivity index (χ2v) is 7.53. The fraction of sp³-hybridized carbons (Fsp3) is 0.320. The molecule has 0 fully saturated rings. The van der Waals surface area contributed by atoms with E-state index in [4.69, 9.17) is 24.5 Å². The minimum absolute atomic E-state index is 0.0409. The molecule has 0 aliphatic rings. The number of ether oxygens (including phenoxy) is 1. The average molecular weight is 470 g/mol. The average Bonchev–Trinajstić information content (AvgIpc) is 3.22. The first-order valence-corrected chi connectivity index (χ1v) is 11.0. The molecule has 0 bridgehead atoms. The van der Waals surface area contributed by atoms with Crippen LogP contribution in [-0.2, 0) is 33.6 Å². The maximum absolute atomic E-state index is 12.2. The molecule has 1 aromatic heterocycles. The molecule has 0 saturated heterocycles. The van der Waals surface area contributed by atoms with Crippen LogP contribution in [0.4, 0.5) is 0 Å². The van der Waals surface area contributed by atoms with Crippen molar-refractivity contribution in [3.05, 3.63) is 65.4 Å². The first-order chi connectivity index (χ1) is 16.3. The molecule has 0 saturated carbocycles.